The van der Waals surface area contributed by atoms with Gasteiger partial charge in [-0.1, -0.05) is 0 Å². The van der Waals surface area contributed by atoms with Gasteiger partial charge in [0.05, 0.1) is 0 Å². The summed E-state index contributed by atoms with van der Waals surface area (Å²) in [5.41, 5.74) is 3.78. The van der Waals surface area contributed by atoms with Crippen molar-refractivity contribution >= 4 is 28.5 Å². The molecule has 0 spiro atoms. The SMILES string of the molecule is Cc1ccc([PH](c2ccc(C)cc2)(c2ccc(C)cc2)c2ccc(O)cc2)cc1. The van der Waals surface area contributed by atoms with Crippen LogP contribution in [0, 0.1) is 20.8 Å². The van der Waals surface area contributed by atoms with Crippen molar-refractivity contribution < 1.29 is 5.11 Å². The Kier molecular flexibility index (Phi) is 5.26. The number of aryl methyl sites for hydroxylation is 3. The third kappa shape index (κ3) is 3.59. The molecule has 29 heavy (non-hydrogen) atoms. The Morgan fingerprint density at radius 2 is 0.655 bits per heavy atom. The van der Waals surface area contributed by atoms with Crippen LogP contribution >= 0.6 is 7.26 Å². The van der Waals surface area contributed by atoms with Crippen LogP contribution in [-0.4, -0.2) is 5.11 Å². The summed E-state index contributed by atoms with van der Waals surface area (Å²) < 4.78 is 0. The predicted octanol–water partition coefficient (Wildman–Crippen LogP) is 4.67. The molecule has 1 nitrogen and oxygen atoms in total. The summed E-state index contributed by atoms with van der Waals surface area (Å²) >= 11 is 0. The molecular weight excluding hydrogens is 371 g/mol. The van der Waals surface area contributed by atoms with Crippen LogP contribution in [0.25, 0.3) is 0 Å². The molecule has 0 atom stereocenters. The molecule has 1 N–H and O–H groups in total. The minimum atomic E-state index is -2.50. The number of hydrogen-bond donors (Lipinski definition) is 1. The second kappa shape index (κ2) is 7.85. The predicted molar refractivity (Wildman–Crippen MR) is 128 cm³/mol. The Morgan fingerprint density at radius 3 is 0.931 bits per heavy atom. The van der Waals surface area contributed by atoms with Gasteiger partial charge in [-0.3, -0.25) is 0 Å². The molecule has 0 fully saturated rings. The van der Waals surface area contributed by atoms with Gasteiger partial charge in [0.25, 0.3) is 0 Å². The molecule has 4 aromatic rings. The molecule has 0 unspecified atom stereocenters. The third-order valence-electron chi connectivity index (χ3n) is 5.75. The Balaban J connectivity index is 2.11. The van der Waals surface area contributed by atoms with E-state index in [1.165, 1.54) is 37.9 Å². The van der Waals surface area contributed by atoms with Crippen LogP contribution in [-0.2, 0) is 0 Å². The minimum absolute atomic E-state index is 0.299. The van der Waals surface area contributed by atoms with Gasteiger partial charge in [0, 0.05) is 0 Å². The summed E-state index contributed by atoms with van der Waals surface area (Å²) in [4.78, 5) is 0. The summed E-state index contributed by atoms with van der Waals surface area (Å²) in [5.74, 6) is 0.299. The molecular formula is C27H27OP. The van der Waals surface area contributed by atoms with E-state index < -0.39 is 7.26 Å². The molecule has 0 bridgehead atoms. The Hall–Kier alpha value is -2.89. The van der Waals surface area contributed by atoms with E-state index in [0.717, 1.165) is 0 Å². The van der Waals surface area contributed by atoms with Gasteiger partial charge in [0.15, 0.2) is 0 Å². The number of phenols is 1. The molecule has 4 rings (SSSR count). The number of phenolic OH excluding ortho intramolecular Hbond substituents is 1. The van der Waals surface area contributed by atoms with Crippen LogP contribution in [0.5, 0.6) is 5.75 Å². The van der Waals surface area contributed by atoms with Gasteiger partial charge in [-0.2, -0.15) is 0 Å². The molecule has 146 valence electrons. The number of rotatable bonds is 4. The van der Waals surface area contributed by atoms with Crippen molar-refractivity contribution in [2.24, 2.45) is 0 Å². The Bertz CT molecular complexity index is 906. The van der Waals surface area contributed by atoms with E-state index in [2.05, 4.69) is 106 Å². The van der Waals surface area contributed by atoms with Gasteiger partial charge in [0.1, 0.15) is 0 Å². The first-order chi connectivity index (χ1) is 14.0. The molecule has 0 aliphatic rings. The second-order valence-electron chi connectivity index (χ2n) is 7.89. The van der Waals surface area contributed by atoms with Crippen molar-refractivity contribution in [1.82, 2.24) is 0 Å². The van der Waals surface area contributed by atoms with E-state index in [0.29, 0.717) is 5.75 Å². The fourth-order valence-electron chi connectivity index (χ4n) is 4.12. The Labute approximate surface area is 174 Å². The van der Waals surface area contributed by atoms with Crippen LogP contribution < -0.4 is 21.2 Å². The number of aromatic hydroxyl groups is 1. The van der Waals surface area contributed by atoms with Crippen molar-refractivity contribution in [3.05, 3.63) is 114 Å². The molecule has 0 saturated heterocycles. The van der Waals surface area contributed by atoms with Gasteiger partial charge in [-0.15, -0.1) is 0 Å². The zero-order valence-electron chi connectivity index (χ0n) is 17.2. The van der Waals surface area contributed by atoms with E-state index in [-0.39, 0.29) is 0 Å². The summed E-state index contributed by atoms with van der Waals surface area (Å²) in [7, 11) is -2.50. The Morgan fingerprint density at radius 1 is 0.414 bits per heavy atom. The van der Waals surface area contributed by atoms with E-state index >= 15 is 0 Å². The molecule has 4 aromatic carbocycles. The van der Waals surface area contributed by atoms with E-state index in [1.807, 2.05) is 12.1 Å². The van der Waals surface area contributed by atoms with Crippen LogP contribution in [0.15, 0.2) is 97.1 Å². The van der Waals surface area contributed by atoms with Gasteiger partial charge >= 0.3 is 174 Å². The van der Waals surface area contributed by atoms with Crippen LogP contribution in [0.2, 0.25) is 0 Å². The van der Waals surface area contributed by atoms with Crippen LogP contribution in [0.4, 0.5) is 0 Å². The van der Waals surface area contributed by atoms with Gasteiger partial charge in [0.2, 0.25) is 0 Å². The average Bonchev–Trinajstić information content (AvgIpc) is 2.73. The molecule has 0 radical (unpaired) electrons. The fraction of sp³-hybridized carbons (Fsp3) is 0.111. The molecule has 0 aliphatic heterocycles. The molecule has 0 saturated carbocycles. The third-order valence-corrected chi connectivity index (χ3v) is 10.6. The normalized spacial score (nSPS) is 12.0. The van der Waals surface area contributed by atoms with Crippen molar-refractivity contribution in [1.29, 1.82) is 0 Å². The standard InChI is InChI=1S/C27H27OP/c1-20-4-12-24(13-5-20)29(25-14-6-21(2)7-15-25,26-16-8-22(3)9-17-26)27-18-10-23(28)11-19-27/h4-19,28-29H,1-3H3. The maximum absolute atomic E-state index is 9.96. The summed E-state index contributed by atoms with van der Waals surface area (Å²) in [6.45, 7) is 6.39. The fourth-order valence-corrected chi connectivity index (χ4v) is 8.79. The van der Waals surface area contributed by atoms with Gasteiger partial charge < -0.3 is 0 Å². The van der Waals surface area contributed by atoms with Crippen LogP contribution in [0.1, 0.15) is 16.7 Å². The molecule has 2 heteroatoms. The molecule has 0 aromatic heterocycles. The van der Waals surface area contributed by atoms with Crippen molar-refractivity contribution in [2.45, 2.75) is 20.8 Å². The zero-order valence-corrected chi connectivity index (χ0v) is 18.2. The average molecular weight is 398 g/mol. The van der Waals surface area contributed by atoms with E-state index in [1.54, 1.807) is 0 Å². The first-order valence-electron chi connectivity index (χ1n) is 10.0. The number of hydrogen-bond acceptors (Lipinski definition) is 1. The summed E-state index contributed by atoms with van der Waals surface area (Å²) in [6, 6.07) is 34.8. The zero-order chi connectivity index (χ0) is 20.4. The van der Waals surface area contributed by atoms with E-state index in [9.17, 15) is 5.11 Å². The molecule has 0 aliphatic carbocycles. The molecule has 0 amide bonds. The molecule has 0 heterocycles. The second-order valence-corrected chi connectivity index (χ2v) is 11.7. The topological polar surface area (TPSA) is 20.2 Å². The maximum atomic E-state index is 9.96. The van der Waals surface area contributed by atoms with Crippen molar-refractivity contribution in [2.75, 3.05) is 0 Å². The van der Waals surface area contributed by atoms with Gasteiger partial charge in [-0.25, -0.2) is 0 Å². The quantitative estimate of drug-likeness (QED) is 0.496. The summed E-state index contributed by atoms with van der Waals surface area (Å²) in [6.07, 6.45) is 0. The van der Waals surface area contributed by atoms with Gasteiger partial charge in [-0.05, 0) is 0 Å². The van der Waals surface area contributed by atoms with E-state index in [4.69, 9.17) is 0 Å². The monoisotopic (exact) mass is 398 g/mol. The van der Waals surface area contributed by atoms with Crippen LogP contribution in [0.3, 0.4) is 0 Å². The number of benzene rings is 4. The summed E-state index contributed by atoms with van der Waals surface area (Å²) in [5, 5.41) is 15.3. The first kappa shape index (κ1) is 19.4. The van der Waals surface area contributed by atoms with Crippen molar-refractivity contribution in [3.8, 4) is 5.75 Å². The first-order valence-corrected chi connectivity index (χ1v) is 12.0. The van der Waals surface area contributed by atoms with Crippen molar-refractivity contribution in [3.63, 3.8) is 0 Å².